The Kier molecular flexibility index (Phi) is 6.35. The molecule has 0 spiro atoms. The smallest absolute Gasteiger partial charge is 0.199 e. The molecule has 0 amide bonds. The molecule has 0 aliphatic rings. The second kappa shape index (κ2) is 8.10. The number of hydrogen-bond acceptors (Lipinski definition) is 3. The molecule has 2 rings (SSSR count). The van der Waals surface area contributed by atoms with E-state index < -0.39 is 17.9 Å². The highest BCUT2D eigenvalue weighted by Crippen LogP contribution is 2.22. The van der Waals surface area contributed by atoms with Crippen molar-refractivity contribution in [3.8, 4) is 0 Å². The second-order valence-corrected chi connectivity index (χ2v) is 13.7. The summed E-state index contributed by atoms with van der Waals surface area (Å²) in [5.74, 6) is 0.540. The number of hydrogen-bond donors (Lipinski definition) is 0. The van der Waals surface area contributed by atoms with Crippen LogP contribution in [0.4, 0.5) is 0 Å². The summed E-state index contributed by atoms with van der Waals surface area (Å²) >= 11 is 0. The van der Waals surface area contributed by atoms with Crippen LogP contribution in [0.5, 0.6) is 0 Å². The van der Waals surface area contributed by atoms with E-state index in [0.717, 1.165) is 11.6 Å². The van der Waals surface area contributed by atoms with Crippen LogP contribution in [0.1, 0.15) is 20.3 Å². The Labute approximate surface area is 152 Å². The number of nitrogens with zero attached hydrogens (tertiary/aromatic N) is 1. The van der Waals surface area contributed by atoms with Gasteiger partial charge in [0.1, 0.15) is 8.07 Å². The van der Waals surface area contributed by atoms with Crippen molar-refractivity contribution in [2.24, 2.45) is 5.92 Å². The minimum absolute atomic E-state index is 0.0465. The zero-order chi connectivity index (χ0) is 18.5. The molecule has 0 radical (unpaired) electrons. The fraction of sp³-hybridized carbons (Fsp3) is 0.350. The highest BCUT2D eigenvalue weighted by atomic mass is 32.2. The van der Waals surface area contributed by atoms with Gasteiger partial charge in [-0.25, -0.2) is 13.4 Å². The Morgan fingerprint density at radius 2 is 1.72 bits per heavy atom. The van der Waals surface area contributed by atoms with E-state index in [-0.39, 0.29) is 10.8 Å². The molecule has 0 aliphatic heterocycles. The van der Waals surface area contributed by atoms with Crippen LogP contribution < -0.4 is 5.19 Å². The van der Waals surface area contributed by atoms with Crippen LogP contribution in [-0.4, -0.2) is 27.2 Å². The van der Waals surface area contributed by atoms with Crippen LogP contribution in [0.2, 0.25) is 13.1 Å². The van der Waals surface area contributed by atoms with Crippen molar-refractivity contribution in [2.45, 2.75) is 38.4 Å². The topological polar surface area (TPSA) is 47.0 Å². The van der Waals surface area contributed by atoms with Crippen LogP contribution in [0.25, 0.3) is 0 Å². The monoisotopic (exact) mass is 373 g/mol. The number of sulfone groups is 1. The molecule has 3 nitrogen and oxygen atoms in total. The zero-order valence-corrected chi connectivity index (χ0v) is 17.3. The Morgan fingerprint density at radius 3 is 2.28 bits per heavy atom. The molecule has 0 saturated heterocycles. The Hall–Kier alpha value is -1.72. The fourth-order valence-corrected chi connectivity index (χ4v) is 7.94. The minimum atomic E-state index is -3.44. The first kappa shape index (κ1) is 19.6. The molecule has 0 unspecified atom stereocenters. The molecule has 0 saturated carbocycles. The average Bonchev–Trinajstić information content (AvgIpc) is 2.60. The van der Waals surface area contributed by atoms with E-state index in [1.165, 1.54) is 11.4 Å². The van der Waals surface area contributed by atoms with E-state index in [9.17, 15) is 8.42 Å². The van der Waals surface area contributed by atoms with Crippen molar-refractivity contribution in [1.29, 1.82) is 0 Å². The van der Waals surface area contributed by atoms with Gasteiger partial charge in [-0.05, 0) is 24.5 Å². The van der Waals surface area contributed by atoms with Crippen LogP contribution in [0, 0.1) is 5.92 Å². The van der Waals surface area contributed by atoms with E-state index in [2.05, 4.69) is 50.1 Å². The molecule has 5 heteroatoms. The average molecular weight is 374 g/mol. The quantitative estimate of drug-likeness (QED) is 0.690. The van der Waals surface area contributed by atoms with Gasteiger partial charge < -0.3 is 0 Å². The maximum Gasteiger partial charge on any atom is 0.199 e. The molecule has 0 atom stereocenters. The summed E-state index contributed by atoms with van der Waals surface area (Å²) in [7, 11) is -5.51. The maximum absolute atomic E-state index is 12.9. The van der Waals surface area contributed by atoms with Gasteiger partial charge >= 0.3 is 0 Å². The molecule has 0 N–H and O–H groups in total. The van der Waals surface area contributed by atoms with Crippen molar-refractivity contribution in [1.82, 2.24) is 4.98 Å². The molecular formula is C20H27NO2SSi. The molecule has 0 bridgehead atoms. The molecular weight excluding hydrogens is 346 g/mol. The first-order valence-electron chi connectivity index (χ1n) is 8.62. The molecule has 1 aromatic carbocycles. The Morgan fingerprint density at radius 1 is 1.08 bits per heavy atom. The van der Waals surface area contributed by atoms with Crippen molar-refractivity contribution < 1.29 is 8.42 Å². The van der Waals surface area contributed by atoms with Crippen LogP contribution in [0.3, 0.4) is 0 Å². The third-order valence-electron chi connectivity index (χ3n) is 4.44. The second-order valence-electron chi connectivity index (χ2n) is 7.28. The van der Waals surface area contributed by atoms with Crippen molar-refractivity contribution in [3.05, 3.63) is 66.0 Å². The predicted molar refractivity (Wildman–Crippen MR) is 107 cm³/mol. The summed E-state index contributed by atoms with van der Waals surface area (Å²) in [6.07, 6.45) is 4.57. The van der Waals surface area contributed by atoms with Crippen molar-refractivity contribution in [3.63, 3.8) is 0 Å². The minimum Gasteiger partial charge on any atom is -0.245 e. The van der Waals surface area contributed by atoms with Crippen LogP contribution in [0.15, 0.2) is 71.0 Å². The highest BCUT2D eigenvalue weighted by Gasteiger charge is 2.32. The Balaban J connectivity index is 2.42. The molecule has 0 fully saturated rings. The fourth-order valence-electron chi connectivity index (χ4n) is 2.72. The number of benzene rings is 1. The number of rotatable bonds is 7. The van der Waals surface area contributed by atoms with Crippen LogP contribution in [-0.2, 0) is 9.84 Å². The Bertz CT molecular complexity index is 813. The number of allylic oxidation sites excluding steroid dienone is 1. The van der Waals surface area contributed by atoms with E-state index in [4.69, 9.17) is 0 Å². The summed E-state index contributed by atoms with van der Waals surface area (Å²) in [6.45, 7) is 8.75. The summed E-state index contributed by atoms with van der Waals surface area (Å²) in [4.78, 5) is 4.05. The largest absolute Gasteiger partial charge is 0.245 e. The van der Waals surface area contributed by atoms with Gasteiger partial charge in [-0.3, -0.25) is 0 Å². The first-order valence-corrected chi connectivity index (χ1v) is 13.3. The standard InChI is InChI=1S/C20H27NO2SSi/c1-17(2)13-14-19(25(3,4)18-10-6-5-7-11-18)16-24(22,23)20-12-8-9-15-21-20/h5-12,14-15,17H,13,16H2,1-4H3/b19-14+. The van der Waals surface area contributed by atoms with E-state index in [0.29, 0.717) is 5.92 Å². The van der Waals surface area contributed by atoms with Gasteiger partial charge in [-0.15, -0.1) is 0 Å². The lowest BCUT2D eigenvalue weighted by Gasteiger charge is -2.27. The summed E-state index contributed by atoms with van der Waals surface area (Å²) in [5, 5.41) is 2.46. The van der Waals surface area contributed by atoms with E-state index in [1.807, 2.05) is 18.2 Å². The van der Waals surface area contributed by atoms with Gasteiger partial charge in [0.25, 0.3) is 0 Å². The lowest BCUT2D eigenvalue weighted by molar-refractivity contribution is 0.594. The van der Waals surface area contributed by atoms with Gasteiger partial charge in [0.15, 0.2) is 14.9 Å². The van der Waals surface area contributed by atoms with Gasteiger partial charge in [-0.2, -0.15) is 0 Å². The number of pyridine rings is 1. The van der Waals surface area contributed by atoms with Crippen molar-refractivity contribution in [2.75, 3.05) is 5.75 Å². The first-order chi connectivity index (χ1) is 11.7. The zero-order valence-electron chi connectivity index (χ0n) is 15.4. The maximum atomic E-state index is 12.9. The van der Waals surface area contributed by atoms with Gasteiger partial charge in [0, 0.05) is 6.20 Å². The van der Waals surface area contributed by atoms with Gasteiger partial charge in [0.05, 0.1) is 5.75 Å². The molecule has 25 heavy (non-hydrogen) atoms. The van der Waals surface area contributed by atoms with Gasteiger partial charge in [-0.1, -0.05) is 79.8 Å². The molecule has 1 aromatic heterocycles. The highest BCUT2D eigenvalue weighted by molar-refractivity contribution is 7.91. The summed E-state index contributed by atoms with van der Waals surface area (Å²) in [6, 6.07) is 15.3. The SMILES string of the molecule is CC(C)C/C=C(\CS(=O)(=O)c1ccccn1)[Si](C)(C)c1ccccc1. The lowest BCUT2D eigenvalue weighted by Crippen LogP contribution is -2.45. The third-order valence-corrected chi connectivity index (χ3v) is 10.0. The van der Waals surface area contributed by atoms with Gasteiger partial charge in [0.2, 0.25) is 0 Å². The molecule has 1 heterocycles. The predicted octanol–water partition coefficient (Wildman–Crippen LogP) is 3.98. The summed E-state index contributed by atoms with van der Waals surface area (Å²) < 4.78 is 25.8. The molecule has 2 aromatic rings. The van der Waals surface area contributed by atoms with E-state index in [1.54, 1.807) is 18.2 Å². The lowest BCUT2D eigenvalue weighted by atomic mass is 10.1. The molecule has 134 valence electrons. The summed E-state index contributed by atoms with van der Waals surface area (Å²) in [5.41, 5.74) is 0. The van der Waals surface area contributed by atoms with Crippen molar-refractivity contribution >= 4 is 23.1 Å². The third kappa shape index (κ3) is 5.12. The van der Waals surface area contributed by atoms with E-state index >= 15 is 0 Å². The normalized spacial score (nSPS) is 13.2. The molecule has 0 aliphatic carbocycles. The van der Waals surface area contributed by atoms with Crippen LogP contribution >= 0.6 is 0 Å². The number of aromatic nitrogens is 1.